The van der Waals surface area contributed by atoms with E-state index in [1.54, 1.807) is 0 Å². The normalized spacial score (nSPS) is 14.4. The second-order valence-electron chi connectivity index (χ2n) is 1.71. The van der Waals surface area contributed by atoms with Crippen LogP contribution in [0.1, 0.15) is 4.11 Å². The molecule has 1 aromatic rings. The van der Waals surface area contributed by atoms with Crippen molar-refractivity contribution in [3.05, 3.63) is 28.4 Å². The molecule has 58 valence electrons. The molecule has 0 spiro atoms. The van der Waals surface area contributed by atoms with E-state index in [1.165, 1.54) is 0 Å². The second kappa shape index (κ2) is 2.96. The Morgan fingerprint density at radius 3 is 3.09 bits per heavy atom. The van der Waals surface area contributed by atoms with Gasteiger partial charge in [-0.15, -0.1) is 0 Å². The highest BCUT2D eigenvalue weighted by molar-refractivity contribution is 5.28. The Hall–Kier alpha value is -1.65. The molecule has 0 N–H and O–H groups in total. The van der Waals surface area contributed by atoms with Crippen molar-refractivity contribution in [3.8, 4) is 5.88 Å². The fraction of sp³-hybridized carbons (Fsp3) is 0.167. The predicted molar refractivity (Wildman–Crippen MR) is 37.4 cm³/mol. The lowest BCUT2D eigenvalue weighted by Gasteiger charge is -1.94. The number of rotatable bonds is 2. The van der Waals surface area contributed by atoms with Crippen molar-refractivity contribution in [2.24, 2.45) is 0 Å². The van der Waals surface area contributed by atoms with Gasteiger partial charge in [0.15, 0.2) is 0 Å². The number of hydrogen-bond donors (Lipinski definition) is 0. The molecular weight excluding hydrogens is 148 g/mol. The lowest BCUT2D eigenvalue weighted by molar-refractivity contribution is -0.385. The van der Waals surface area contributed by atoms with Crippen LogP contribution in [0.15, 0.2) is 18.3 Å². The first-order valence-corrected chi connectivity index (χ1v) is 2.68. The van der Waals surface area contributed by atoms with Crippen molar-refractivity contribution in [1.29, 1.82) is 0 Å². The molecule has 5 heteroatoms. The summed E-state index contributed by atoms with van der Waals surface area (Å²) in [4.78, 5) is 13.0. The van der Waals surface area contributed by atoms with Gasteiger partial charge in [0.05, 0.1) is 16.1 Å². The Morgan fingerprint density at radius 2 is 2.64 bits per heavy atom. The molecule has 0 bridgehead atoms. The van der Waals surface area contributed by atoms with E-state index in [9.17, 15) is 10.1 Å². The molecule has 0 saturated heterocycles. The molecule has 1 heterocycles. The van der Waals surface area contributed by atoms with Crippen LogP contribution in [-0.2, 0) is 0 Å². The third-order valence-electron chi connectivity index (χ3n) is 1.04. The van der Waals surface area contributed by atoms with E-state index in [1.807, 2.05) is 0 Å². The van der Waals surface area contributed by atoms with Crippen LogP contribution in [0.5, 0.6) is 5.88 Å². The number of hydrogen-bond acceptors (Lipinski definition) is 4. The molecule has 0 unspecified atom stereocenters. The molecule has 0 radical (unpaired) electrons. The minimum absolute atomic E-state index is 0.171. The summed E-state index contributed by atoms with van der Waals surface area (Å²) in [6.07, 6.45) is 0.932. The van der Waals surface area contributed by atoms with Crippen LogP contribution < -0.4 is 4.74 Å². The first-order chi connectivity index (χ1) is 6.38. The maximum absolute atomic E-state index is 10.2. The average Bonchev–Trinajstić information content (AvgIpc) is 2.02. The van der Waals surface area contributed by atoms with Crippen molar-refractivity contribution in [2.45, 2.75) is 0 Å². The molecule has 0 fully saturated rings. The highest BCUT2D eigenvalue weighted by Crippen LogP contribution is 2.12. The Kier molecular flexibility index (Phi) is 1.15. The number of pyridine rings is 1. The van der Waals surface area contributed by atoms with Gasteiger partial charge >= 0.3 is 0 Å². The maximum atomic E-state index is 10.2. The van der Waals surface area contributed by atoms with Crippen LogP contribution in [0.2, 0.25) is 0 Å². The molecule has 0 aliphatic heterocycles. The minimum Gasteiger partial charge on any atom is -0.481 e. The van der Waals surface area contributed by atoms with Gasteiger partial charge in [-0.1, -0.05) is 0 Å². The third kappa shape index (κ3) is 1.64. The van der Waals surface area contributed by atoms with E-state index in [2.05, 4.69) is 9.72 Å². The van der Waals surface area contributed by atoms with Crippen molar-refractivity contribution in [1.82, 2.24) is 4.98 Å². The SMILES string of the molecule is [2H]C([2H])([2H])Oc1ccc([N+](=O)[O-])cn1. The first kappa shape index (κ1) is 4.27. The standard InChI is InChI=1S/C6H6N2O3/c1-11-6-3-2-5(4-7-6)8(9)10/h2-4H,1H3/i1D3. The van der Waals surface area contributed by atoms with E-state index in [-0.39, 0.29) is 11.6 Å². The topological polar surface area (TPSA) is 65.3 Å². The molecule has 0 amide bonds. The Labute approximate surface area is 67.0 Å². The summed E-state index contributed by atoms with van der Waals surface area (Å²) in [6, 6.07) is 2.25. The summed E-state index contributed by atoms with van der Waals surface area (Å²) >= 11 is 0. The van der Waals surface area contributed by atoms with Gasteiger partial charge in [0.2, 0.25) is 5.88 Å². The predicted octanol–water partition coefficient (Wildman–Crippen LogP) is 0.998. The molecule has 0 aromatic carbocycles. The number of nitro groups is 1. The lowest BCUT2D eigenvalue weighted by atomic mass is 10.4. The van der Waals surface area contributed by atoms with Crippen LogP contribution in [0.3, 0.4) is 0 Å². The van der Waals surface area contributed by atoms with Crippen LogP contribution in [0.25, 0.3) is 0 Å². The molecule has 0 aliphatic rings. The van der Waals surface area contributed by atoms with Gasteiger partial charge in [0.1, 0.15) is 6.20 Å². The Balaban J connectivity index is 2.79. The van der Waals surface area contributed by atoms with E-state index >= 15 is 0 Å². The molecule has 0 aliphatic carbocycles. The second-order valence-corrected chi connectivity index (χ2v) is 1.71. The van der Waals surface area contributed by atoms with Gasteiger partial charge in [-0.2, -0.15) is 0 Å². The Morgan fingerprint density at radius 1 is 1.82 bits per heavy atom. The molecule has 0 atom stereocenters. The largest absolute Gasteiger partial charge is 0.481 e. The molecule has 11 heavy (non-hydrogen) atoms. The van der Waals surface area contributed by atoms with Crippen LogP contribution in [0.4, 0.5) is 5.69 Å². The molecule has 0 saturated carbocycles. The van der Waals surface area contributed by atoms with E-state index in [0.29, 0.717) is 0 Å². The summed E-state index contributed by atoms with van der Waals surface area (Å²) in [7, 11) is -2.59. The van der Waals surface area contributed by atoms with E-state index in [4.69, 9.17) is 4.11 Å². The fourth-order valence-electron chi connectivity index (χ4n) is 0.541. The number of methoxy groups -OCH3 is 1. The lowest BCUT2D eigenvalue weighted by Crippen LogP contribution is -1.90. The van der Waals surface area contributed by atoms with Gasteiger partial charge in [-0.25, -0.2) is 4.98 Å². The summed E-state index contributed by atoms with van der Waals surface area (Å²) in [6.45, 7) is 0. The Bertz CT molecular complexity index is 335. The molecule has 5 nitrogen and oxygen atoms in total. The van der Waals surface area contributed by atoms with Crippen molar-refractivity contribution in [2.75, 3.05) is 7.04 Å². The summed E-state index contributed by atoms with van der Waals surface area (Å²) in [5.41, 5.74) is -0.220. The van der Waals surface area contributed by atoms with Crippen molar-refractivity contribution in [3.63, 3.8) is 0 Å². The van der Waals surface area contributed by atoms with Crippen LogP contribution in [-0.4, -0.2) is 16.9 Å². The maximum Gasteiger partial charge on any atom is 0.287 e. The van der Waals surface area contributed by atoms with Crippen LogP contribution in [0, 0.1) is 10.1 Å². The zero-order chi connectivity index (χ0) is 10.8. The quantitative estimate of drug-likeness (QED) is 0.474. The van der Waals surface area contributed by atoms with Gasteiger partial charge in [-0.05, 0) is 0 Å². The summed E-state index contributed by atoms with van der Waals surface area (Å²) in [5, 5.41) is 10.2. The minimum atomic E-state index is -2.59. The molecule has 1 rings (SSSR count). The highest BCUT2D eigenvalue weighted by Gasteiger charge is 2.03. The van der Waals surface area contributed by atoms with Crippen molar-refractivity contribution >= 4 is 5.69 Å². The smallest absolute Gasteiger partial charge is 0.287 e. The van der Waals surface area contributed by atoms with Gasteiger partial charge < -0.3 is 4.74 Å². The monoisotopic (exact) mass is 157 g/mol. The van der Waals surface area contributed by atoms with Gasteiger partial charge in [-0.3, -0.25) is 10.1 Å². The fourth-order valence-corrected chi connectivity index (χ4v) is 0.541. The third-order valence-corrected chi connectivity index (χ3v) is 1.04. The van der Waals surface area contributed by atoms with Gasteiger partial charge in [0, 0.05) is 12.1 Å². The molecule has 1 aromatic heterocycles. The van der Waals surface area contributed by atoms with Crippen LogP contribution >= 0.6 is 0 Å². The summed E-state index contributed by atoms with van der Waals surface area (Å²) < 4.78 is 24.6. The van der Waals surface area contributed by atoms with E-state index in [0.717, 1.165) is 18.3 Å². The average molecular weight is 157 g/mol. The molecular formula is C6H6N2O3. The van der Waals surface area contributed by atoms with Gasteiger partial charge in [0.25, 0.3) is 5.69 Å². The van der Waals surface area contributed by atoms with Crippen molar-refractivity contribution < 1.29 is 13.8 Å². The number of nitrogens with zero attached hydrogens (tertiary/aromatic N) is 2. The highest BCUT2D eigenvalue weighted by atomic mass is 16.6. The zero-order valence-corrected chi connectivity index (χ0v) is 5.35. The number of ether oxygens (including phenoxy) is 1. The summed E-state index contributed by atoms with van der Waals surface area (Å²) in [5.74, 6) is -0.171. The zero-order valence-electron chi connectivity index (χ0n) is 8.35. The first-order valence-electron chi connectivity index (χ1n) is 4.18. The number of aromatic nitrogens is 1. The van der Waals surface area contributed by atoms with E-state index < -0.39 is 12.0 Å².